The van der Waals surface area contributed by atoms with Crippen molar-refractivity contribution in [2.24, 2.45) is 5.73 Å². The third-order valence-corrected chi connectivity index (χ3v) is 2.17. The number of benzene rings is 1. The Morgan fingerprint density at radius 1 is 1.29 bits per heavy atom. The maximum absolute atomic E-state index is 9.56. The smallest absolute Gasteiger partial charge is 0.122 e. The minimum Gasteiger partial charge on any atom is -0.491 e. The lowest BCUT2D eigenvalue weighted by molar-refractivity contribution is 0.186. The molecular weight excluding hydrogens is 214 g/mol. The van der Waals surface area contributed by atoms with Crippen LogP contribution in [0, 0.1) is 6.92 Å². The number of rotatable bonds is 4. The summed E-state index contributed by atoms with van der Waals surface area (Å²) in [6, 6.07) is 5.64. The van der Waals surface area contributed by atoms with Gasteiger partial charge in [-0.2, -0.15) is 0 Å². The summed E-state index contributed by atoms with van der Waals surface area (Å²) in [6.07, 6.45) is -0.425. The van der Waals surface area contributed by atoms with E-state index in [4.69, 9.17) is 10.5 Å². The Labute approximate surface area is 105 Å². The summed E-state index contributed by atoms with van der Waals surface area (Å²) in [4.78, 5) is 0. The molecule has 1 unspecified atom stereocenters. The fraction of sp³-hybridized carbons (Fsp3) is 0.571. The van der Waals surface area contributed by atoms with Gasteiger partial charge in [-0.1, -0.05) is 19.9 Å². The first-order chi connectivity index (χ1) is 8.04. The van der Waals surface area contributed by atoms with Crippen LogP contribution in [0.4, 0.5) is 0 Å². The summed E-state index contributed by atoms with van der Waals surface area (Å²) < 4.78 is 5.60. The van der Waals surface area contributed by atoms with Gasteiger partial charge in [0.15, 0.2) is 0 Å². The van der Waals surface area contributed by atoms with E-state index in [0.717, 1.165) is 16.9 Å². The predicted octanol–water partition coefficient (Wildman–Crippen LogP) is 2.80. The molecular formula is C14H25NO2. The molecule has 0 saturated carbocycles. The van der Waals surface area contributed by atoms with Crippen LogP contribution < -0.4 is 10.5 Å². The zero-order valence-corrected chi connectivity index (χ0v) is 11.5. The van der Waals surface area contributed by atoms with Gasteiger partial charge >= 0.3 is 0 Å². The third kappa shape index (κ3) is 5.20. The highest BCUT2D eigenvalue weighted by molar-refractivity contribution is 5.37. The highest BCUT2D eigenvalue weighted by atomic mass is 16.5. The second kappa shape index (κ2) is 8.09. The van der Waals surface area contributed by atoms with Crippen molar-refractivity contribution in [3.63, 3.8) is 0 Å². The SMILES string of the molecule is CC.Cc1cc(C(O)CN)ccc1OC(C)C. The van der Waals surface area contributed by atoms with Gasteiger partial charge in [0.1, 0.15) is 5.75 Å². The molecule has 0 radical (unpaired) electrons. The highest BCUT2D eigenvalue weighted by Crippen LogP contribution is 2.23. The quantitative estimate of drug-likeness (QED) is 0.849. The summed E-state index contributed by atoms with van der Waals surface area (Å²) in [5, 5.41) is 9.56. The van der Waals surface area contributed by atoms with E-state index in [0.29, 0.717) is 0 Å². The van der Waals surface area contributed by atoms with E-state index in [2.05, 4.69) is 0 Å². The number of ether oxygens (including phenoxy) is 1. The number of aliphatic hydroxyl groups excluding tert-OH is 1. The molecule has 0 fully saturated rings. The molecule has 1 atom stereocenters. The first-order valence-electron chi connectivity index (χ1n) is 6.20. The zero-order valence-electron chi connectivity index (χ0n) is 11.5. The Morgan fingerprint density at radius 2 is 1.88 bits per heavy atom. The largest absolute Gasteiger partial charge is 0.491 e. The van der Waals surface area contributed by atoms with Gasteiger partial charge in [-0.25, -0.2) is 0 Å². The van der Waals surface area contributed by atoms with Crippen LogP contribution in [0.3, 0.4) is 0 Å². The molecule has 0 spiro atoms. The van der Waals surface area contributed by atoms with Crippen molar-refractivity contribution < 1.29 is 9.84 Å². The van der Waals surface area contributed by atoms with E-state index in [1.165, 1.54) is 0 Å². The molecule has 98 valence electrons. The molecule has 0 bridgehead atoms. The lowest BCUT2D eigenvalue weighted by Gasteiger charge is -2.15. The molecule has 3 heteroatoms. The van der Waals surface area contributed by atoms with Crippen molar-refractivity contribution in [1.82, 2.24) is 0 Å². The van der Waals surface area contributed by atoms with Crippen LogP contribution in [0.1, 0.15) is 44.9 Å². The topological polar surface area (TPSA) is 55.5 Å². The third-order valence-electron chi connectivity index (χ3n) is 2.17. The minimum absolute atomic E-state index is 0.161. The summed E-state index contributed by atoms with van der Waals surface area (Å²) in [5.74, 6) is 0.859. The van der Waals surface area contributed by atoms with Crippen LogP contribution in [-0.4, -0.2) is 17.8 Å². The van der Waals surface area contributed by atoms with Crippen LogP contribution in [-0.2, 0) is 0 Å². The van der Waals surface area contributed by atoms with E-state index in [9.17, 15) is 5.11 Å². The van der Waals surface area contributed by atoms with Crippen molar-refractivity contribution in [3.05, 3.63) is 29.3 Å². The molecule has 0 aliphatic rings. The van der Waals surface area contributed by atoms with Gasteiger partial charge in [0.05, 0.1) is 12.2 Å². The van der Waals surface area contributed by atoms with Crippen molar-refractivity contribution in [1.29, 1.82) is 0 Å². The Balaban J connectivity index is 0.00000121. The summed E-state index contributed by atoms with van der Waals surface area (Å²) in [5.41, 5.74) is 7.25. The Hall–Kier alpha value is -1.06. The molecule has 1 aromatic rings. The molecule has 0 saturated heterocycles. The van der Waals surface area contributed by atoms with Gasteiger partial charge in [-0.15, -0.1) is 0 Å². The number of hydrogen-bond donors (Lipinski definition) is 2. The number of hydrogen-bond acceptors (Lipinski definition) is 3. The predicted molar refractivity (Wildman–Crippen MR) is 72.3 cm³/mol. The van der Waals surface area contributed by atoms with Crippen molar-refractivity contribution >= 4 is 0 Å². The second-order valence-electron chi connectivity index (χ2n) is 3.94. The number of nitrogens with two attached hydrogens (primary N) is 1. The lowest BCUT2D eigenvalue weighted by Crippen LogP contribution is -2.12. The molecule has 0 aliphatic heterocycles. The van der Waals surface area contributed by atoms with Crippen LogP contribution in [0.5, 0.6) is 5.75 Å². The maximum Gasteiger partial charge on any atom is 0.122 e. The Kier molecular flexibility index (Phi) is 7.59. The van der Waals surface area contributed by atoms with Gasteiger partial charge < -0.3 is 15.6 Å². The van der Waals surface area contributed by atoms with Crippen LogP contribution in [0.15, 0.2) is 18.2 Å². The van der Waals surface area contributed by atoms with Crippen molar-refractivity contribution in [3.8, 4) is 5.75 Å². The average Bonchev–Trinajstić information content (AvgIpc) is 2.33. The molecule has 1 aromatic carbocycles. The van der Waals surface area contributed by atoms with Crippen molar-refractivity contribution in [2.45, 2.75) is 46.8 Å². The highest BCUT2D eigenvalue weighted by Gasteiger charge is 2.08. The van der Waals surface area contributed by atoms with Gasteiger partial charge in [0.2, 0.25) is 0 Å². The fourth-order valence-electron chi connectivity index (χ4n) is 1.40. The average molecular weight is 239 g/mol. The van der Waals surface area contributed by atoms with Gasteiger partial charge in [-0.05, 0) is 44.0 Å². The maximum atomic E-state index is 9.56. The normalized spacial score (nSPS) is 11.8. The zero-order chi connectivity index (χ0) is 13.4. The van der Waals surface area contributed by atoms with Gasteiger partial charge in [0, 0.05) is 6.54 Å². The molecule has 0 aliphatic carbocycles. The Bertz CT molecular complexity index is 324. The molecule has 3 nitrogen and oxygen atoms in total. The first kappa shape index (κ1) is 15.9. The summed E-state index contributed by atoms with van der Waals surface area (Å²) in [7, 11) is 0. The lowest BCUT2D eigenvalue weighted by atomic mass is 10.1. The van der Waals surface area contributed by atoms with E-state index < -0.39 is 6.10 Å². The molecule has 17 heavy (non-hydrogen) atoms. The molecule has 3 N–H and O–H groups in total. The summed E-state index contributed by atoms with van der Waals surface area (Å²) in [6.45, 7) is 10.2. The Morgan fingerprint density at radius 3 is 2.29 bits per heavy atom. The van der Waals surface area contributed by atoms with Crippen LogP contribution >= 0.6 is 0 Å². The molecule has 0 aromatic heterocycles. The van der Waals surface area contributed by atoms with E-state index in [-0.39, 0.29) is 12.6 Å². The van der Waals surface area contributed by atoms with Gasteiger partial charge in [-0.3, -0.25) is 0 Å². The summed E-state index contributed by atoms with van der Waals surface area (Å²) >= 11 is 0. The molecule has 0 amide bonds. The minimum atomic E-state index is -0.586. The molecule has 0 heterocycles. The van der Waals surface area contributed by atoms with Crippen LogP contribution in [0.25, 0.3) is 0 Å². The monoisotopic (exact) mass is 239 g/mol. The number of aliphatic hydroxyl groups is 1. The van der Waals surface area contributed by atoms with Crippen molar-refractivity contribution in [2.75, 3.05) is 6.54 Å². The first-order valence-corrected chi connectivity index (χ1v) is 6.20. The number of aryl methyl sites for hydroxylation is 1. The standard InChI is InChI=1S/C12H19NO2.C2H6/c1-8(2)15-12-5-4-10(6-9(12)3)11(14)7-13;1-2/h4-6,8,11,14H,7,13H2,1-3H3;1-2H3. The van der Waals surface area contributed by atoms with E-state index in [1.807, 2.05) is 52.8 Å². The van der Waals surface area contributed by atoms with E-state index >= 15 is 0 Å². The van der Waals surface area contributed by atoms with Gasteiger partial charge in [0.25, 0.3) is 0 Å². The van der Waals surface area contributed by atoms with Crippen LogP contribution in [0.2, 0.25) is 0 Å². The molecule has 1 rings (SSSR count). The van der Waals surface area contributed by atoms with E-state index in [1.54, 1.807) is 0 Å². The fourth-order valence-corrected chi connectivity index (χ4v) is 1.40. The second-order valence-corrected chi connectivity index (χ2v) is 3.94.